The Morgan fingerprint density at radius 3 is 2.57 bits per heavy atom. The van der Waals surface area contributed by atoms with Gasteiger partial charge in [0.1, 0.15) is 9.53 Å². The van der Waals surface area contributed by atoms with Gasteiger partial charge < -0.3 is 0 Å². The largest absolute Gasteiger partial charge is 0.282 e. The minimum Gasteiger partial charge on any atom is -0.282 e. The second kappa shape index (κ2) is 8.22. The number of thioether (sulfide) groups is 1. The second-order valence-electron chi connectivity index (χ2n) is 6.82. The fourth-order valence-corrected chi connectivity index (χ4v) is 5.39. The third kappa shape index (κ3) is 3.74. The van der Waals surface area contributed by atoms with E-state index in [0.717, 1.165) is 26.9 Å². The Labute approximate surface area is 186 Å². The summed E-state index contributed by atoms with van der Waals surface area (Å²) in [6, 6.07) is 21.6. The number of nitrogens with zero attached hydrogens (tertiary/aromatic N) is 3. The number of hydrogen-bond acceptors (Lipinski definition) is 5. The number of thiophene rings is 1. The molecule has 30 heavy (non-hydrogen) atoms. The number of aromatic nitrogens is 3. The molecule has 0 saturated carbocycles. The lowest BCUT2D eigenvalue weighted by atomic mass is 10.2. The Morgan fingerprint density at radius 2 is 1.77 bits per heavy atom. The molecule has 0 spiro atoms. The average molecular weight is 450 g/mol. The standard InChI is InChI=1S/C23H16ClN3OS2/c24-17-10-8-16(9-11-17)14-29-23-26-19-18-7-4-12-25-21(18)30-20(19)22(28)27(23)13-15-5-2-1-3-6-15/h1-12H,13-14H2. The summed E-state index contributed by atoms with van der Waals surface area (Å²) in [6.45, 7) is 0.479. The molecule has 0 N–H and O–H groups in total. The van der Waals surface area contributed by atoms with Crippen molar-refractivity contribution in [3.8, 4) is 0 Å². The molecule has 0 aliphatic rings. The predicted molar refractivity (Wildman–Crippen MR) is 126 cm³/mol. The number of fused-ring (bicyclic) bond motifs is 3. The van der Waals surface area contributed by atoms with E-state index in [2.05, 4.69) is 4.98 Å². The third-order valence-corrected chi connectivity index (χ3v) is 7.17. The molecule has 0 saturated heterocycles. The van der Waals surface area contributed by atoms with Crippen LogP contribution in [0.4, 0.5) is 0 Å². The summed E-state index contributed by atoms with van der Waals surface area (Å²) in [7, 11) is 0. The van der Waals surface area contributed by atoms with Crippen LogP contribution in [0.5, 0.6) is 0 Å². The molecule has 148 valence electrons. The highest BCUT2D eigenvalue weighted by Gasteiger charge is 2.17. The first-order chi connectivity index (χ1) is 14.7. The molecule has 3 aromatic heterocycles. The van der Waals surface area contributed by atoms with Gasteiger partial charge in [-0.05, 0) is 35.4 Å². The van der Waals surface area contributed by atoms with Crippen LogP contribution in [-0.4, -0.2) is 14.5 Å². The summed E-state index contributed by atoms with van der Waals surface area (Å²) in [4.78, 5) is 23.6. The van der Waals surface area contributed by atoms with Crippen LogP contribution in [0.3, 0.4) is 0 Å². The van der Waals surface area contributed by atoms with Crippen molar-refractivity contribution < 1.29 is 0 Å². The van der Waals surface area contributed by atoms with Crippen LogP contribution in [0.15, 0.2) is 82.9 Å². The highest BCUT2D eigenvalue weighted by atomic mass is 35.5. The molecule has 3 heterocycles. The van der Waals surface area contributed by atoms with Gasteiger partial charge in [0.25, 0.3) is 5.56 Å². The third-order valence-electron chi connectivity index (χ3n) is 4.78. The molecule has 0 bridgehead atoms. The highest BCUT2D eigenvalue weighted by Crippen LogP contribution is 2.31. The Morgan fingerprint density at radius 1 is 0.967 bits per heavy atom. The molecule has 5 aromatic rings. The molecule has 0 aliphatic heterocycles. The van der Waals surface area contributed by atoms with E-state index in [1.807, 2.05) is 66.7 Å². The Balaban J connectivity index is 1.63. The van der Waals surface area contributed by atoms with Crippen molar-refractivity contribution in [3.63, 3.8) is 0 Å². The fraction of sp³-hybridized carbons (Fsp3) is 0.0870. The Bertz CT molecular complexity index is 1400. The van der Waals surface area contributed by atoms with Crippen LogP contribution >= 0.6 is 34.7 Å². The number of pyridine rings is 1. The number of benzene rings is 2. The van der Waals surface area contributed by atoms with Crippen molar-refractivity contribution >= 4 is 55.1 Å². The molecule has 0 radical (unpaired) electrons. The van der Waals surface area contributed by atoms with Gasteiger partial charge in [-0.1, -0.05) is 65.8 Å². The molecule has 0 atom stereocenters. The fourth-order valence-electron chi connectivity index (χ4n) is 3.29. The van der Waals surface area contributed by atoms with Crippen molar-refractivity contribution in [2.24, 2.45) is 0 Å². The monoisotopic (exact) mass is 449 g/mol. The number of rotatable bonds is 5. The van der Waals surface area contributed by atoms with Gasteiger partial charge >= 0.3 is 0 Å². The van der Waals surface area contributed by atoms with Gasteiger partial charge in [-0.25, -0.2) is 9.97 Å². The van der Waals surface area contributed by atoms with Crippen LogP contribution in [-0.2, 0) is 12.3 Å². The lowest BCUT2D eigenvalue weighted by molar-refractivity contribution is 0.659. The molecule has 0 fully saturated rings. The summed E-state index contributed by atoms with van der Waals surface area (Å²) in [5.41, 5.74) is 2.90. The van der Waals surface area contributed by atoms with E-state index in [1.54, 1.807) is 22.5 Å². The number of halogens is 1. The second-order valence-corrected chi connectivity index (χ2v) is 9.20. The molecular formula is C23H16ClN3OS2. The number of hydrogen-bond donors (Lipinski definition) is 0. The lowest BCUT2D eigenvalue weighted by Gasteiger charge is -2.12. The van der Waals surface area contributed by atoms with E-state index >= 15 is 0 Å². The van der Waals surface area contributed by atoms with Crippen LogP contribution < -0.4 is 5.56 Å². The summed E-state index contributed by atoms with van der Waals surface area (Å²) in [5, 5.41) is 2.34. The zero-order chi connectivity index (χ0) is 20.5. The van der Waals surface area contributed by atoms with E-state index in [4.69, 9.17) is 16.6 Å². The SMILES string of the molecule is O=c1c2sc3ncccc3c2nc(SCc2ccc(Cl)cc2)n1Cc1ccccc1. The van der Waals surface area contributed by atoms with Gasteiger partial charge in [-0.2, -0.15) is 0 Å². The molecule has 7 heteroatoms. The molecular weight excluding hydrogens is 434 g/mol. The smallest absolute Gasteiger partial charge is 0.272 e. The van der Waals surface area contributed by atoms with Gasteiger partial charge in [-0.15, -0.1) is 11.3 Å². The maximum atomic E-state index is 13.5. The lowest BCUT2D eigenvalue weighted by Crippen LogP contribution is -2.23. The van der Waals surface area contributed by atoms with Crippen molar-refractivity contribution in [1.29, 1.82) is 0 Å². The van der Waals surface area contributed by atoms with E-state index in [-0.39, 0.29) is 5.56 Å². The highest BCUT2D eigenvalue weighted by molar-refractivity contribution is 7.98. The van der Waals surface area contributed by atoms with Gasteiger partial charge in [0.2, 0.25) is 0 Å². The normalized spacial score (nSPS) is 11.4. The molecule has 5 rings (SSSR count). The van der Waals surface area contributed by atoms with Crippen LogP contribution in [0.25, 0.3) is 20.4 Å². The first-order valence-electron chi connectivity index (χ1n) is 9.38. The summed E-state index contributed by atoms with van der Waals surface area (Å²) in [6.07, 6.45) is 1.75. The van der Waals surface area contributed by atoms with Crippen molar-refractivity contribution in [3.05, 3.63) is 99.4 Å². The Hall–Kier alpha value is -2.67. The minimum absolute atomic E-state index is 0.0227. The topological polar surface area (TPSA) is 47.8 Å². The maximum absolute atomic E-state index is 13.5. The van der Waals surface area contributed by atoms with Gasteiger partial charge in [0.05, 0.1) is 12.1 Å². The first-order valence-corrected chi connectivity index (χ1v) is 11.6. The Kier molecular flexibility index (Phi) is 5.29. The summed E-state index contributed by atoms with van der Waals surface area (Å²) in [5.74, 6) is 0.699. The zero-order valence-electron chi connectivity index (χ0n) is 15.8. The zero-order valence-corrected chi connectivity index (χ0v) is 18.2. The molecule has 0 unspecified atom stereocenters. The van der Waals surface area contributed by atoms with Crippen LogP contribution in [0, 0.1) is 0 Å². The molecule has 0 aliphatic carbocycles. The minimum atomic E-state index is -0.0227. The predicted octanol–water partition coefficient (Wildman–Crippen LogP) is 6.00. The van der Waals surface area contributed by atoms with E-state index < -0.39 is 0 Å². The quantitative estimate of drug-likeness (QED) is 0.244. The van der Waals surface area contributed by atoms with Crippen molar-refractivity contribution in [1.82, 2.24) is 14.5 Å². The summed E-state index contributed by atoms with van der Waals surface area (Å²) < 4.78 is 2.42. The van der Waals surface area contributed by atoms with Gasteiger partial charge in [0.15, 0.2) is 5.16 Å². The van der Waals surface area contributed by atoms with Crippen LogP contribution in [0.2, 0.25) is 5.02 Å². The first kappa shape index (κ1) is 19.3. The van der Waals surface area contributed by atoms with Gasteiger partial charge in [0, 0.05) is 22.4 Å². The van der Waals surface area contributed by atoms with Crippen LogP contribution in [0.1, 0.15) is 11.1 Å². The molecule has 2 aromatic carbocycles. The maximum Gasteiger partial charge on any atom is 0.272 e. The summed E-state index contributed by atoms with van der Waals surface area (Å²) >= 11 is 8.97. The van der Waals surface area contributed by atoms with E-state index in [1.165, 1.54) is 11.3 Å². The van der Waals surface area contributed by atoms with E-state index in [9.17, 15) is 4.79 Å². The van der Waals surface area contributed by atoms with Gasteiger partial charge in [-0.3, -0.25) is 9.36 Å². The molecule has 0 amide bonds. The van der Waals surface area contributed by atoms with Crippen molar-refractivity contribution in [2.45, 2.75) is 17.5 Å². The molecule has 4 nitrogen and oxygen atoms in total. The van der Waals surface area contributed by atoms with E-state index in [0.29, 0.717) is 27.2 Å². The average Bonchev–Trinajstić information content (AvgIpc) is 3.15. The van der Waals surface area contributed by atoms with Crippen molar-refractivity contribution in [2.75, 3.05) is 0 Å².